The van der Waals surface area contributed by atoms with E-state index >= 15 is 0 Å². The number of hydrogen-bond acceptors (Lipinski definition) is 4. The normalized spacial score (nSPS) is 11.1. The van der Waals surface area contributed by atoms with E-state index in [4.69, 9.17) is 4.74 Å². The quantitative estimate of drug-likeness (QED) is 0.690. The van der Waals surface area contributed by atoms with Crippen molar-refractivity contribution < 1.29 is 9.84 Å². The molecule has 0 aliphatic heterocycles. The molecule has 21 heavy (non-hydrogen) atoms. The number of aliphatic hydroxyl groups is 1. The van der Waals surface area contributed by atoms with Gasteiger partial charge in [0.25, 0.3) is 0 Å². The molecule has 1 N–H and O–H groups in total. The molecule has 4 heteroatoms. The third kappa shape index (κ3) is 3.91. The molecule has 106 valence electrons. The Morgan fingerprint density at radius 3 is 2.90 bits per heavy atom. The molecule has 1 atom stereocenters. The van der Waals surface area contributed by atoms with Gasteiger partial charge >= 0.3 is 0 Å². The minimum absolute atomic E-state index is 0.354. The molecule has 1 heterocycles. The summed E-state index contributed by atoms with van der Waals surface area (Å²) in [5.74, 6) is 6.15. The Bertz CT molecular complexity index is 684. The van der Waals surface area contributed by atoms with E-state index in [1.165, 1.54) is 0 Å². The van der Waals surface area contributed by atoms with Crippen molar-refractivity contribution in [1.82, 2.24) is 10.2 Å². The molecule has 0 spiro atoms. The van der Waals surface area contributed by atoms with Crippen LogP contribution in [-0.2, 0) is 0 Å². The predicted octanol–water partition coefficient (Wildman–Crippen LogP) is 2.44. The minimum atomic E-state index is -0.676. The van der Waals surface area contributed by atoms with E-state index in [2.05, 4.69) is 28.6 Å². The fourth-order valence-electron chi connectivity index (χ4n) is 1.78. The Morgan fingerprint density at radius 1 is 1.33 bits per heavy atom. The van der Waals surface area contributed by atoms with Crippen LogP contribution < -0.4 is 4.74 Å². The highest BCUT2D eigenvalue weighted by Crippen LogP contribution is 2.29. The molecule has 0 aliphatic carbocycles. The summed E-state index contributed by atoms with van der Waals surface area (Å²) in [6.07, 6.45) is 2.58. The Kier molecular flexibility index (Phi) is 5.08. The van der Waals surface area contributed by atoms with Crippen molar-refractivity contribution in [1.29, 1.82) is 0 Å². The molecule has 0 amide bonds. The van der Waals surface area contributed by atoms with E-state index in [0.29, 0.717) is 12.5 Å². The zero-order valence-corrected chi connectivity index (χ0v) is 11.8. The van der Waals surface area contributed by atoms with Crippen molar-refractivity contribution in [3.63, 3.8) is 0 Å². The van der Waals surface area contributed by atoms with E-state index in [0.717, 1.165) is 16.7 Å². The van der Waals surface area contributed by atoms with Crippen molar-refractivity contribution in [2.75, 3.05) is 6.61 Å². The molecular weight excluding hydrogens is 264 g/mol. The smallest absolute Gasteiger partial charge is 0.241 e. The zero-order valence-electron chi connectivity index (χ0n) is 11.8. The average Bonchev–Trinajstić information content (AvgIpc) is 2.51. The van der Waals surface area contributed by atoms with Crippen LogP contribution in [0.1, 0.15) is 12.5 Å². The molecule has 1 aromatic carbocycles. The third-order valence-corrected chi connectivity index (χ3v) is 2.66. The summed E-state index contributed by atoms with van der Waals surface area (Å²) in [6, 6.07) is 9.47. The molecule has 0 saturated heterocycles. The third-order valence-electron chi connectivity index (χ3n) is 2.66. The molecule has 0 saturated carbocycles. The Morgan fingerprint density at radius 2 is 2.14 bits per heavy atom. The lowest BCUT2D eigenvalue weighted by Crippen LogP contribution is -2.00. The highest BCUT2D eigenvalue weighted by Gasteiger charge is 2.10. The first-order chi connectivity index (χ1) is 10.2. The van der Waals surface area contributed by atoms with Crippen molar-refractivity contribution in [3.05, 3.63) is 54.7 Å². The van der Waals surface area contributed by atoms with Gasteiger partial charge in [-0.2, -0.15) is 5.10 Å². The summed E-state index contributed by atoms with van der Waals surface area (Å²) in [5, 5.41) is 17.2. The number of nitrogens with zero attached hydrogens (tertiary/aromatic N) is 2. The van der Waals surface area contributed by atoms with Crippen molar-refractivity contribution >= 4 is 0 Å². The van der Waals surface area contributed by atoms with Crippen molar-refractivity contribution in [2.45, 2.75) is 13.0 Å². The standard InChI is InChI=1S/C17H16N2O2/c1-3-12-21-17-16(10-11-18-19-17)15-7-5-4-6-14(15)9-8-13(2)20/h3-7,10-11,13,20H,1,12H2,2H3. The Balaban J connectivity index is 2.48. The van der Waals surface area contributed by atoms with E-state index < -0.39 is 6.10 Å². The first kappa shape index (κ1) is 14.8. The van der Waals surface area contributed by atoms with Crippen LogP contribution in [0, 0.1) is 11.8 Å². The van der Waals surface area contributed by atoms with Gasteiger partial charge in [-0.05, 0) is 19.1 Å². The summed E-state index contributed by atoms with van der Waals surface area (Å²) >= 11 is 0. The summed E-state index contributed by atoms with van der Waals surface area (Å²) < 4.78 is 5.53. The second-order valence-corrected chi connectivity index (χ2v) is 4.34. The minimum Gasteiger partial charge on any atom is -0.472 e. The maximum Gasteiger partial charge on any atom is 0.241 e. The molecular formula is C17H16N2O2. The first-order valence-electron chi connectivity index (χ1n) is 6.56. The largest absolute Gasteiger partial charge is 0.472 e. The van der Waals surface area contributed by atoms with Gasteiger partial charge in [0.15, 0.2) is 0 Å². The first-order valence-corrected chi connectivity index (χ1v) is 6.56. The molecule has 0 aliphatic rings. The lowest BCUT2D eigenvalue weighted by molar-refractivity contribution is 0.253. The van der Waals surface area contributed by atoms with E-state index in [9.17, 15) is 5.11 Å². The van der Waals surface area contributed by atoms with E-state index in [1.54, 1.807) is 19.2 Å². The molecule has 1 unspecified atom stereocenters. The van der Waals surface area contributed by atoms with Gasteiger partial charge in [0, 0.05) is 16.7 Å². The molecule has 4 nitrogen and oxygen atoms in total. The van der Waals surface area contributed by atoms with Crippen molar-refractivity contribution in [3.8, 4) is 28.8 Å². The van der Waals surface area contributed by atoms with Gasteiger partial charge < -0.3 is 9.84 Å². The summed E-state index contributed by atoms with van der Waals surface area (Å²) in [5.41, 5.74) is 2.50. The molecule has 0 bridgehead atoms. The van der Waals surface area contributed by atoms with Crippen LogP contribution in [0.2, 0.25) is 0 Å². The maximum atomic E-state index is 9.31. The predicted molar refractivity (Wildman–Crippen MR) is 81.7 cm³/mol. The number of aromatic nitrogens is 2. The van der Waals surface area contributed by atoms with Gasteiger partial charge in [0.1, 0.15) is 12.7 Å². The van der Waals surface area contributed by atoms with Crippen LogP contribution >= 0.6 is 0 Å². The Hall–Kier alpha value is -2.64. The number of benzene rings is 1. The number of aliphatic hydroxyl groups excluding tert-OH is 1. The highest BCUT2D eigenvalue weighted by molar-refractivity contribution is 5.74. The summed E-state index contributed by atoms with van der Waals surface area (Å²) in [4.78, 5) is 0. The molecule has 2 aromatic rings. The van der Waals surface area contributed by atoms with Gasteiger partial charge in [-0.15, -0.1) is 5.10 Å². The van der Waals surface area contributed by atoms with E-state index in [-0.39, 0.29) is 0 Å². The second kappa shape index (κ2) is 7.22. The fraction of sp³-hybridized carbons (Fsp3) is 0.176. The van der Waals surface area contributed by atoms with Gasteiger partial charge in [-0.25, -0.2) is 0 Å². The SMILES string of the molecule is C=CCOc1nnccc1-c1ccccc1C#CC(C)O. The second-order valence-electron chi connectivity index (χ2n) is 4.34. The van der Waals surface area contributed by atoms with Crippen LogP contribution in [0.25, 0.3) is 11.1 Å². The van der Waals surface area contributed by atoms with Crippen molar-refractivity contribution in [2.24, 2.45) is 0 Å². The average molecular weight is 280 g/mol. The van der Waals surface area contributed by atoms with Crippen LogP contribution in [-0.4, -0.2) is 28.0 Å². The van der Waals surface area contributed by atoms with Gasteiger partial charge in [-0.3, -0.25) is 0 Å². The van der Waals surface area contributed by atoms with Gasteiger partial charge in [-0.1, -0.05) is 42.7 Å². The molecule has 2 rings (SSSR count). The molecule has 1 aromatic heterocycles. The lowest BCUT2D eigenvalue weighted by Gasteiger charge is -2.09. The van der Waals surface area contributed by atoms with Crippen LogP contribution in [0.3, 0.4) is 0 Å². The van der Waals surface area contributed by atoms with E-state index in [1.807, 2.05) is 30.3 Å². The number of hydrogen-bond donors (Lipinski definition) is 1. The monoisotopic (exact) mass is 280 g/mol. The topological polar surface area (TPSA) is 55.2 Å². The Labute approximate surface area is 124 Å². The van der Waals surface area contributed by atoms with Gasteiger partial charge in [0.2, 0.25) is 5.88 Å². The summed E-state index contributed by atoms with van der Waals surface area (Å²) in [7, 11) is 0. The summed E-state index contributed by atoms with van der Waals surface area (Å²) in [6.45, 7) is 5.60. The molecule has 0 radical (unpaired) electrons. The van der Waals surface area contributed by atoms with Crippen LogP contribution in [0.4, 0.5) is 0 Å². The van der Waals surface area contributed by atoms with Crippen LogP contribution in [0.15, 0.2) is 49.2 Å². The fourth-order valence-corrected chi connectivity index (χ4v) is 1.78. The zero-order chi connectivity index (χ0) is 15.1. The lowest BCUT2D eigenvalue weighted by atomic mass is 10.0. The van der Waals surface area contributed by atoms with Gasteiger partial charge in [0.05, 0.1) is 6.20 Å². The number of rotatable bonds is 4. The number of ether oxygens (including phenoxy) is 1. The van der Waals surface area contributed by atoms with Crippen LogP contribution in [0.5, 0.6) is 5.88 Å². The maximum absolute atomic E-state index is 9.31. The highest BCUT2D eigenvalue weighted by atomic mass is 16.5. The molecule has 0 fully saturated rings.